The van der Waals surface area contributed by atoms with Crippen molar-refractivity contribution in [2.45, 2.75) is 19.4 Å². The van der Waals surface area contributed by atoms with E-state index < -0.39 is 0 Å². The first-order valence-corrected chi connectivity index (χ1v) is 6.39. The lowest BCUT2D eigenvalue weighted by atomic mass is 9.98. The van der Waals surface area contributed by atoms with E-state index in [1.165, 1.54) is 0 Å². The minimum Gasteiger partial charge on any atom is -0.380 e. The summed E-state index contributed by atoms with van der Waals surface area (Å²) in [5.74, 6) is 0.181. The Morgan fingerprint density at radius 1 is 1.47 bits per heavy atom. The summed E-state index contributed by atoms with van der Waals surface area (Å²) in [7, 11) is 1.66. The third-order valence-corrected chi connectivity index (χ3v) is 3.24. The summed E-state index contributed by atoms with van der Waals surface area (Å²) in [5, 5.41) is 6.26. The lowest BCUT2D eigenvalue weighted by molar-refractivity contribution is -0.120. The quantitative estimate of drug-likeness (QED) is 0.891. The first-order chi connectivity index (χ1) is 8.81. The van der Waals surface area contributed by atoms with Crippen molar-refractivity contribution in [2.75, 3.05) is 25.5 Å². The minimum absolute atomic E-state index is 0. The van der Waals surface area contributed by atoms with Gasteiger partial charge < -0.3 is 15.4 Å². The Labute approximate surface area is 120 Å². The SMILES string of the molecule is COCc1ccccc1NC(=O)[C@@H]1CCCNC1.Cl. The molecule has 0 spiro atoms. The number of hydrogen-bond acceptors (Lipinski definition) is 3. The Bertz CT molecular complexity index is 406. The van der Waals surface area contributed by atoms with Crippen LogP contribution in [-0.4, -0.2) is 26.1 Å². The number of amides is 1. The molecule has 1 aliphatic heterocycles. The van der Waals surface area contributed by atoms with E-state index in [2.05, 4.69) is 10.6 Å². The normalized spacial score (nSPS) is 18.5. The van der Waals surface area contributed by atoms with Gasteiger partial charge in [0.1, 0.15) is 0 Å². The average molecular weight is 285 g/mol. The fourth-order valence-corrected chi connectivity index (χ4v) is 2.23. The fourth-order valence-electron chi connectivity index (χ4n) is 2.23. The second-order valence-electron chi connectivity index (χ2n) is 4.62. The van der Waals surface area contributed by atoms with E-state index in [9.17, 15) is 4.79 Å². The van der Waals surface area contributed by atoms with E-state index >= 15 is 0 Å². The van der Waals surface area contributed by atoms with E-state index in [1.807, 2.05) is 24.3 Å². The molecule has 5 heteroatoms. The lowest BCUT2D eigenvalue weighted by Crippen LogP contribution is -2.37. The van der Waals surface area contributed by atoms with E-state index in [-0.39, 0.29) is 24.2 Å². The molecule has 1 atom stereocenters. The Kier molecular flexibility index (Phi) is 6.84. The topological polar surface area (TPSA) is 50.4 Å². The van der Waals surface area contributed by atoms with Crippen molar-refractivity contribution in [3.05, 3.63) is 29.8 Å². The zero-order chi connectivity index (χ0) is 12.8. The Morgan fingerprint density at radius 3 is 2.95 bits per heavy atom. The molecule has 0 aliphatic carbocycles. The van der Waals surface area contributed by atoms with Crippen LogP contribution < -0.4 is 10.6 Å². The van der Waals surface area contributed by atoms with E-state index in [0.717, 1.165) is 37.2 Å². The van der Waals surface area contributed by atoms with Crippen LogP contribution >= 0.6 is 12.4 Å². The van der Waals surface area contributed by atoms with Crippen LogP contribution in [0.15, 0.2) is 24.3 Å². The van der Waals surface area contributed by atoms with E-state index in [4.69, 9.17) is 4.74 Å². The third-order valence-electron chi connectivity index (χ3n) is 3.24. The van der Waals surface area contributed by atoms with Gasteiger partial charge in [-0.05, 0) is 25.5 Å². The van der Waals surface area contributed by atoms with Gasteiger partial charge in [0.05, 0.1) is 12.5 Å². The molecule has 0 aromatic heterocycles. The monoisotopic (exact) mass is 284 g/mol. The summed E-state index contributed by atoms with van der Waals surface area (Å²) < 4.78 is 5.13. The van der Waals surface area contributed by atoms with Crippen molar-refractivity contribution in [3.63, 3.8) is 0 Å². The number of halogens is 1. The zero-order valence-corrected chi connectivity index (χ0v) is 12.0. The molecule has 0 radical (unpaired) electrons. The predicted octanol–water partition coefficient (Wildman–Crippen LogP) is 2.19. The van der Waals surface area contributed by atoms with Crippen molar-refractivity contribution in [1.29, 1.82) is 0 Å². The molecule has 1 amide bonds. The highest BCUT2D eigenvalue weighted by Gasteiger charge is 2.21. The van der Waals surface area contributed by atoms with Gasteiger partial charge in [0.25, 0.3) is 0 Å². The molecule has 2 rings (SSSR count). The van der Waals surface area contributed by atoms with Crippen LogP contribution in [0.1, 0.15) is 18.4 Å². The molecule has 4 nitrogen and oxygen atoms in total. The van der Waals surface area contributed by atoms with Gasteiger partial charge in [-0.2, -0.15) is 0 Å². The number of hydrogen-bond donors (Lipinski definition) is 2. The number of rotatable bonds is 4. The van der Waals surface area contributed by atoms with Gasteiger partial charge in [0.2, 0.25) is 5.91 Å². The van der Waals surface area contributed by atoms with Crippen LogP contribution in [0.5, 0.6) is 0 Å². The maximum absolute atomic E-state index is 12.1. The van der Waals surface area contributed by atoms with Crippen LogP contribution in [-0.2, 0) is 16.1 Å². The van der Waals surface area contributed by atoms with Crippen LogP contribution in [0.25, 0.3) is 0 Å². The summed E-state index contributed by atoms with van der Waals surface area (Å²) in [6.07, 6.45) is 2.03. The number of piperidine rings is 1. The summed E-state index contributed by atoms with van der Waals surface area (Å²) >= 11 is 0. The smallest absolute Gasteiger partial charge is 0.228 e. The second-order valence-corrected chi connectivity index (χ2v) is 4.62. The molecule has 1 aromatic rings. The van der Waals surface area contributed by atoms with E-state index in [0.29, 0.717) is 6.61 Å². The molecule has 19 heavy (non-hydrogen) atoms. The van der Waals surface area contributed by atoms with Gasteiger partial charge in [-0.25, -0.2) is 0 Å². The summed E-state index contributed by atoms with van der Waals surface area (Å²) in [6.45, 7) is 2.31. The molecule has 2 N–H and O–H groups in total. The van der Waals surface area contributed by atoms with Crippen molar-refractivity contribution in [3.8, 4) is 0 Å². The first-order valence-electron chi connectivity index (χ1n) is 6.39. The molecule has 1 saturated heterocycles. The van der Waals surface area contributed by atoms with Gasteiger partial charge >= 0.3 is 0 Å². The van der Waals surface area contributed by atoms with Crippen molar-refractivity contribution < 1.29 is 9.53 Å². The molecule has 1 heterocycles. The van der Waals surface area contributed by atoms with Crippen molar-refractivity contribution >= 4 is 24.0 Å². The number of benzene rings is 1. The number of methoxy groups -OCH3 is 1. The number of anilines is 1. The highest BCUT2D eigenvalue weighted by molar-refractivity contribution is 5.93. The van der Waals surface area contributed by atoms with Gasteiger partial charge in [-0.15, -0.1) is 12.4 Å². The molecule has 106 valence electrons. The molecule has 0 unspecified atom stereocenters. The highest BCUT2D eigenvalue weighted by atomic mass is 35.5. The standard InChI is InChI=1S/C14H20N2O2.ClH/c1-18-10-12-5-2-3-7-13(12)16-14(17)11-6-4-8-15-9-11;/h2-3,5,7,11,15H,4,6,8-10H2,1H3,(H,16,17);1H/t11-;/m1./s1. The first kappa shape index (κ1) is 16.0. The third kappa shape index (κ3) is 4.49. The van der Waals surface area contributed by atoms with E-state index in [1.54, 1.807) is 7.11 Å². The Balaban J connectivity index is 0.00000180. The molecule has 1 fully saturated rings. The van der Waals surface area contributed by atoms with Crippen LogP contribution in [0, 0.1) is 5.92 Å². The number of ether oxygens (including phenoxy) is 1. The zero-order valence-electron chi connectivity index (χ0n) is 11.1. The van der Waals surface area contributed by atoms with Gasteiger partial charge in [0.15, 0.2) is 0 Å². The summed E-state index contributed by atoms with van der Waals surface area (Å²) in [4.78, 5) is 12.1. The predicted molar refractivity (Wildman–Crippen MR) is 78.6 cm³/mol. The Morgan fingerprint density at radius 2 is 2.26 bits per heavy atom. The largest absolute Gasteiger partial charge is 0.380 e. The second kappa shape index (κ2) is 8.15. The Hall–Kier alpha value is -1.10. The minimum atomic E-state index is 0. The molecule has 1 aliphatic rings. The van der Waals surface area contributed by atoms with Crippen LogP contribution in [0.2, 0.25) is 0 Å². The van der Waals surface area contributed by atoms with Gasteiger partial charge in [-0.1, -0.05) is 18.2 Å². The highest BCUT2D eigenvalue weighted by Crippen LogP contribution is 2.18. The average Bonchev–Trinajstić information content (AvgIpc) is 2.42. The number of para-hydroxylation sites is 1. The maximum Gasteiger partial charge on any atom is 0.228 e. The number of nitrogens with one attached hydrogen (secondary N) is 2. The maximum atomic E-state index is 12.1. The summed E-state index contributed by atoms with van der Waals surface area (Å²) in [6, 6.07) is 7.76. The van der Waals surface area contributed by atoms with Crippen molar-refractivity contribution in [1.82, 2.24) is 5.32 Å². The summed E-state index contributed by atoms with van der Waals surface area (Å²) in [5.41, 5.74) is 1.87. The molecule has 0 saturated carbocycles. The number of carbonyl (C=O) groups is 1. The van der Waals surface area contributed by atoms with Crippen LogP contribution in [0.4, 0.5) is 5.69 Å². The molecular weight excluding hydrogens is 264 g/mol. The molecule has 1 aromatic carbocycles. The van der Waals surface area contributed by atoms with Crippen LogP contribution in [0.3, 0.4) is 0 Å². The van der Waals surface area contributed by atoms with Gasteiger partial charge in [-0.3, -0.25) is 4.79 Å². The molecule has 0 bridgehead atoms. The lowest BCUT2D eigenvalue weighted by Gasteiger charge is -2.22. The number of carbonyl (C=O) groups excluding carboxylic acids is 1. The van der Waals surface area contributed by atoms with Gasteiger partial charge in [0, 0.05) is 24.9 Å². The van der Waals surface area contributed by atoms with Crippen molar-refractivity contribution in [2.24, 2.45) is 5.92 Å². The molecular formula is C14H21ClN2O2. The fraction of sp³-hybridized carbons (Fsp3) is 0.500.